The van der Waals surface area contributed by atoms with Crippen LogP contribution in [0.25, 0.3) is 0 Å². The van der Waals surface area contributed by atoms with Gasteiger partial charge in [0.25, 0.3) is 0 Å². The lowest BCUT2D eigenvalue weighted by Gasteiger charge is -2.22. The van der Waals surface area contributed by atoms with Crippen LogP contribution in [0.2, 0.25) is 0 Å². The summed E-state index contributed by atoms with van der Waals surface area (Å²) < 4.78 is 12.9. The van der Waals surface area contributed by atoms with Crippen LogP contribution in [0.3, 0.4) is 0 Å². The van der Waals surface area contributed by atoms with Crippen molar-refractivity contribution in [3.63, 3.8) is 0 Å². The number of nitrogens with one attached hydrogen (secondary N) is 2. The second-order valence-electron chi connectivity index (χ2n) is 6.40. The van der Waals surface area contributed by atoms with Gasteiger partial charge in [-0.2, -0.15) is 5.26 Å². The van der Waals surface area contributed by atoms with Crippen molar-refractivity contribution in [2.75, 3.05) is 11.9 Å². The fourth-order valence-electron chi connectivity index (χ4n) is 2.21. The minimum absolute atomic E-state index is 0.307. The third-order valence-electron chi connectivity index (χ3n) is 4.02. The van der Waals surface area contributed by atoms with E-state index in [2.05, 4.69) is 10.6 Å². The van der Waals surface area contributed by atoms with Gasteiger partial charge in [0, 0.05) is 12.2 Å². The van der Waals surface area contributed by atoms with Crippen molar-refractivity contribution in [1.29, 1.82) is 5.26 Å². The summed E-state index contributed by atoms with van der Waals surface area (Å²) in [4.78, 5) is 24.8. The quantitative estimate of drug-likeness (QED) is 0.783. The molecule has 2 aromatic rings. The Balaban J connectivity index is 1.89. The van der Waals surface area contributed by atoms with Gasteiger partial charge in [-0.05, 0) is 62.2 Å². The molecule has 0 unspecified atom stereocenters. The number of carbonyl (C=O) groups excluding carboxylic acids is 2. The topological polar surface area (TPSA) is 82.0 Å². The number of carbonyl (C=O) groups is 2. The molecule has 0 aliphatic rings. The maximum absolute atomic E-state index is 12.9. The highest BCUT2D eigenvalue weighted by molar-refractivity contribution is 6.09. The van der Waals surface area contributed by atoms with Crippen LogP contribution in [-0.2, 0) is 16.0 Å². The molecule has 2 rings (SSSR count). The molecule has 0 saturated heterocycles. The summed E-state index contributed by atoms with van der Waals surface area (Å²) in [5, 5.41) is 14.2. The van der Waals surface area contributed by atoms with Gasteiger partial charge in [-0.15, -0.1) is 0 Å². The van der Waals surface area contributed by atoms with Gasteiger partial charge in [0.1, 0.15) is 11.2 Å². The molecule has 0 aliphatic heterocycles. The van der Waals surface area contributed by atoms with Crippen molar-refractivity contribution < 1.29 is 14.0 Å². The molecule has 0 radical (unpaired) electrons. The maximum Gasteiger partial charge on any atom is 0.239 e. The average molecular weight is 353 g/mol. The minimum atomic E-state index is -1.27. The molecule has 2 N–H and O–H groups in total. The monoisotopic (exact) mass is 353 g/mol. The van der Waals surface area contributed by atoms with Crippen molar-refractivity contribution in [3.05, 3.63) is 65.5 Å². The van der Waals surface area contributed by atoms with E-state index in [0.717, 1.165) is 5.56 Å². The zero-order chi connectivity index (χ0) is 19.2. The van der Waals surface area contributed by atoms with Crippen molar-refractivity contribution in [3.8, 4) is 6.07 Å². The Labute approximate surface area is 151 Å². The van der Waals surface area contributed by atoms with E-state index in [9.17, 15) is 14.0 Å². The first-order chi connectivity index (χ1) is 12.3. The van der Waals surface area contributed by atoms with E-state index < -0.39 is 17.2 Å². The maximum atomic E-state index is 12.9. The van der Waals surface area contributed by atoms with E-state index in [1.807, 2.05) is 6.07 Å². The normalized spacial score (nSPS) is 10.7. The molecule has 26 heavy (non-hydrogen) atoms. The number of halogens is 1. The van der Waals surface area contributed by atoms with E-state index in [-0.39, 0.29) is 5.82 Å². The number of anilines is 1. The molecule has 0 heterocycles. The Morgan fingerprint density at radius 2 is 1.65 bits per heavy atom. The summed E-state index contributed by atoms with van der Waals surface area (Å²) >= 11 is 0. The van der Waals surface area contributed by atoms with Crippen LogP contribution in [0.5, 0.6) is 0 Å². The van der Waals surface area contributed by atoms with Gasteiger partial charge in [0.05, 0.1) is 11.6 Å². The van der Waals surface area contributed by atoms with Gasteiger partial charge in [0.2, 0.25) is 11.8 Å². The van der Waals surface area contributed by atoms with Crippen LogP contribution in [0.15, 0.2) is 48.5 Å². The van der Waals surface area contributed by atoms with Gasteiger partial charge in [-0.1, -0.05) is 12.1 Å². The summed E-state index contributed by atoms with van der Waals surface area (Å²) in [6.45, 7) is 3.43. The summed E-state index contributed by atoms with van der Waals surface area (Å²) in [6.07, 6.45) is 0.541. The van der Waals surface area contributed by atoms with Crippen molar-refractivity contribution in [2.24, 2.45) is 5.41 Å². The van der Waals surface area contributed by atoms with E-state index in [0.29, 0.717) is 24.2 Å². The van der Waals surface area contributed by atoms with Crippen LogP contribution < -0.4 is 10.6 Å². The smallest absolute Gasteiger partial charge is 0.239 e. The zero-order valence-corrected chi connectivity index (χ0v) is 14.7. The van der Waals surface area contributed by atoms with Gasteiger partial charge in [-0.3, -0.25) is 9.59 Å². The SMILES string of the molecule is CC(C)(C(=O)NCCc1ccc(F)cc1)C(=O)Nc1ccc(C#N)cc1. The molecule has 6 heteroatoms. The molecule has 0 atom stereocenters. The molecule has 0 spiro atoms. The Bertz CT molecular complexity index is 822. The average Bonchev–Trinajstić information content (AvgIpc) is 2.63. The Kier molecular flexibility index (Phi) is 6.07. The van der Waals surface area contributed by atoms with Gasteiger partial charge in [-0.25, -0.2) is 4.39 Å². The molecule has 2 aromatic carbocycles. The van der Waals surface area contributed by atoms with Crippen molar-refractivity contribution in [1.82, 2.24) is 5.32 Å². The lowest BCUT2D eigenvalue weighted by Crippen LogP contribution is -2.45. The number of hydrogen-bond acceptors (Lipinski definition) is 3. The molecule has 2 amide bonds. The Morgan fingerprint density at radius 1 is 1.04 bits per heavy atom. The van der Waals surface area contributed by atoms with Crippen molar-refractivity contribution >= 4 is 17.5 Å². The van der Waals surface area contributed by atoms with Crippen LogP contribution >= 0.6 is 0 Å². The van der Waals surface area contributed by atoms with Crippen molar-refractivity contribution in [2.45, 2.75) is 20.3 Å². The van der Waals surface area contributed by atoms with Crippen LogP contribution in [0.1, 0.15) is 25.0 Å². The summed E-state index contributed by atoms with van der Waals surface area (Å²) in [5.41, 5.74) is 0.630. The second kappa shape index (κ2) is 8.26. The third-order valence-corrected chi connectivity index (χ3v) is 4.02. The number of benzene rings is 2. The fourth-order valence-corrected chi connectivity index (χ4v) is 2.21. The van der Waals surface area contributed by atoms with Crippen LogP contribution in [0, 0.1) is 22.6 Å². The first-order valence-electron chi connectivity index (χ1n) is 8.17. The molecular weight excluding hydrogens is 333 g/mol. The van der Waals surface area contributed by atoms with E-state index in [1.54, 1.807) is 50.2 Å². The number of amides is 2. The lowest BCUT2D eigenvalue weighted by atomic mass is 9.90. The van der Waals surface area contributed by atoms with E-state index in [4.69, 9.17) is 5.26 Å². The standard InChI is InChI=1S/C20H20FN3O2/c1-20(2,19(26)24-17-9-5-15(13-22)6-10-17)18(25)23-12-11-14-3-7-16(21)8-4-14/h3-10H,11-12H2,1-2H3,(H,23,25)(H,24,26). The van der Waals surface area contributed by atoms with Gasteiger partial charge < -0.3 is 10.6 Å². The van der Waals surface area contributed by atoms with E-state index >= 15 is 0 Å². The predicted molar refractivity (Wildman–Crippen MR) is 96.7 cm³/mol. The molecule has 0 aromatic heterocycles. The highest BCUT2D eigenvalue weighted by Gasteiger charge is 2.35. The first-order valence-corrected chi connectivity index (χ1v) is 8.17. The number of nitrogens with zero attached hydrogens (tertiary/aromatic N) is 1. The third kappa shape index (κ3) is 4.90. The highest BCUT2D eigenvalue weighted by atomic mass is 19.1. The lowest BCUT2D eigenvalue weighted by molar-refractivity contribution is -0.138. The summed E-state index contributed by atoms with van der Waals surface area (Å²) in [6, 6.07) is 14.4. The van der Waals surface area contributed by atoms with Gasteiger partial charge in [0.15, 0.2) is 0 Å². The molecule has 5 nitrogen and oxygen atoms in total. The molecule has 0 aliphatic carbocycles. The molecule has 134 valence electrons. The highest BCUT2D eigenvalue weighted by Crippen LogP contribution is 2.19. The van der Waals surface area contributed by atoms with Crippen LogP contribution in [0.4, 0.5) is 10.1 Å². The molecule has 0 fully saturated rings. The molecular formula is C20H20FN3O2. The number of rotatable bonds is 6. The zero-order valence-electron chi connectivity index (χ0n) is 14.7. The Morgan fingerprint density at radius 3 is 2.23 bits per heavy atom. The second-order valence-corrected chi connectivity index (χ2v) is 6.40. The minimum Gasteiger partial charge on any atom is -0.355 e. The summed E-state index contributed by atoms with van der Waals surface area (Å²) in [5.74, 6) is -1.15. The van der Waals surface area contributed by atoms with E-state index in [1.165, 1.54) is 12.1 Å². The molecule has 0 saturated carbocycles. The summed E-state index contributed by atoms with van der Waals surface area (Å²) in [7, 11) is 0. The first kappa shape index (κ1) is 19.1. The molecule has 0 bridgehead atoms. The predicted octanol–water partition coefficient (Wildman–Crippen LogP) is 3.02. The van der Waals surface area contributed by atoms with Gasteiger partial charge >= 0.3 is 0 Å². The Hall–Kier alpha value is -3.20. The largest absolute Gasteiger partial charge is 0.355 e. The fraction of sp³-hybridized carbons (Fsp3) is 0.250. The van der Waals surface area contributed by atoms with Crippen LogP contribution in [-0.4, -0.2) is 18.4 Å². The number of nitriles is 1. The number of hydrogen-bond donors (Lipinski definition) is 2.